The Labute approximate surface area is 202 Å². The van der Waals surface area contributed by atoms with Crippen molar-refractivity contribution in [3.63, 3.8) is 0 Å². The Hall–Kier alpha value is -3.04. The molecule has 0 fully saturated rings. The Morgan fingerprint density at radius 1 is 0.970 bits per heavy atom. The van der Waals surface area contributed by atoms with Crippen molar-refractivity contribution in [2.24, 2.45) is 10.2 Å². The van der Waals surface area contributed by atoms with E-state index in [4.69, 9.17) is 42.1 Å². The minimum atomic E-state index is -1.45. The Bertz CT molecular complexity index is 1050. The highest BCUT2D eigenvalue weighted by molar-refractivity contribution is 6.34. The Morgan fingerprint density at radius 3 is 2.18 bits per heavy atom. The second kappa shape index (κ2) is 12.3. The number of carbonyl (C=O) groups excluding carboxylic acids is 2. The standard InChI is InChI=1S/C22H25Cl2N3O6/c1-6-32-13-8-15(24)21(33-7-2)17(9-13)26-27-20(12(3)28)22(29)25-16-11-19(31-5)18(30-4)10-14(16)23/h8-11,20H,6-7H2,1-5H3,(H,25,29). The SMILES string of the molecule is CCOc1cc(Cl)c(OCC)c(N=NC(C(C)=O)C(=O)Nc2cc(OC)c(OC)cc2Cl)c1. The third kappa shape index (κ3) is 6.72. The van der Waals surface area contributed by atoms with Crippen LogP contribution in [0.2, 0.25) is 10.0 Å². The zero-order valence-electron chi connectivity index (χ0n) is 18.9. The number of nitrogens with zero attached hydrogens (tertiary/aromatic N) is 2. The van der Waals surface area contributed by atoms with Crippen LogP contribution in [0, 0.1) is 0 Å². The van der Waals surface area contributed by atoms with E-state index in [9.17, 15) is 9.59 Å². The van der Waals surface area contributed by atoms with Gasteiger partial charge in [0, 0.05) is 24.3 Å². The number of ether oxygens (including phenoxy) is 4. The van der Waals surface area contributed by atoms with E-state index in [1.165, 1.54) is 33.3 Å². The molecule has 178 valence electrons. The highest BCUT2D eigenvalue weighted by Crippen LogP contribution is 2.40. The molecule has 9 nitrogen and oxygen atoms in total. The summed E-state index contributed by atoms with van der Waals surface area (Å²) in [7, 11) is 2.91. The minimum absolute atomic E-state index is 0.190. The van der Waals surface area contributed by atoms with Crippen LogP contribution in [-0.4, -0.2) is 45.2 Å². The van der Waals surface area contributed by atoms with E-state index in [-0.39, 0.29) is 27.2 Å². The van der Waals surface area contributed by atoms with Crippen LogP contribution in [0.25, 0.3) is 0 Å². The summed E-state index contributed by atoms with van der Waals surface area (Å²) < 4.78 is 21.4. The first-order valence-electron chi connectivity index (χ1n) is 9.98. The molecule has 0 heterocycles. The number of halogens is 2. The number of rotatable bonds is 11. The summed E-state index contributed by atoms with van der Waals surface area (Å²) in [6.45, 7) is 5.57. The molecule has 1 N–H and O–H groups in total. The average molecular weight is 498 g/mol. The molecule has 1 amide bonds. The molecular formula is C22H25Cl2N3O6. The average Bonchev–Trinajstić information content (AvgIpc) is 2.77. The number of hydrogen-bond acceptors (Lipinski definition) is 8. The first kappa shape index (κ1) is 26.2. The molecule has 0 saturated carbocycles. The normalized spacial score (nSPS) is 11.7. The van der Waals surface area contributed by atoms with Crippen LogP contribution >= 0.6 is 23.2 Å². The van der Waals surface area contributed by atoms with Crippen LogP contribution in [0.3, 0.4) is 0 Å². The smallest absolute Gasteiger partial charge is 0.258 e. The molecule has 0 aliphatic rings. The van der Waals surface area contributed by atoms with Gasteiger partial charge in [-0.3, -0.25) is 9.59 Å². The molecule has 0 aliphatic heterocycles. The predicted octanol–water partition coefficient (Wildman–Crippen LogP) is 5.49. The van der Waals surface area contributed by atoms with Crippen molar-refractivity contribution in [3.05, 3.63) is 34.3 Å². The van der Waals surface area contributed by atoms with Crippen molar-refractivity contribution in [2.75, 3.05) is 32.8 Å². The molecular weight excluding hydrogens is 473 g/mol. The van der Waals surface area contributed by atoms with Crippen LogP contribution in [-0.2, 0) is 9.59 Å². The number of carbonyl (C=O) groups is 2. The van der Waals surface area contributed by atoms with Crippen molar-refractivity contribution in [1.29, 1.82) is 0 Å². The van der Waals surface area contributed by atoms with Crippen LogP contribution in [0.5, 0.6) is 23.0 Å². The number of anilines is 1. The summed E-state index contributed by atoms with van der Waals surface area (Å²) in [5.41, 5.74) is 0.438. The molecule has 0 spiro atoms. The molecule has 2 aromatic rings. The predicted molar refractivity (Wildman–Crippen MR) is 126 cm³/mol. The topological polar surface area (TPSA) is 108 Å². The molecule has 33 heavy (non-hydrogen) atoms. The maximum absolute atomic E-state index is 12.8. The van der Waals surface area contributed by atoms with Gasteiger partial charge >= 0.3 is 0 Å². The summed E-state index contributed by atoms with van der Waals surface area (Å²) in [5.74, 6) is 0.181. The molecule has 11 heteroatoms. The fourth-order valence-corrected chi connectivity index (χ4v) is 3.22. The number of amides is 1. The maximum atomic E-state index is 12.8. The summed E-state index contributed by atoms with van der Waals surface area (Å²) in [6, 6.07) is 4.66. The number of benzene rings is 2. The van der Waals surface area contributed by atoms with Gasteiger partial charge in [0.2, 0.25) is 6.04 Å². The van der Waals surface area contributed by atoms with E-state index < -0.39 is 17.7 Å². The van der Waals surface area contributed by atoms with Crippen LogP contribution in [0.15, 0.2) is 34.5 Å². The summed E-state index contributed by atoms with van der Waals surface area (Å²) in [5, 5.41) is 11.0. The molecule has 1 atom stereocenters. The number of ketones is 1. The summed E-state index contributed by atoms with van der Waals surface area (Å²) in [6.07, 6.45) is 0. The van der Waals surface area contributed by atoms with Gasteiger partial charge in [-0.05, 0) is 20.8 Å². The van der Waals surface area contributed by atoms with Gasteiger partial charge in [0.05, 0.1) is 43.2 Å². The van der Waals surface area contributed by atoms with Gasteiger partial charge in [-0.15, -0.1) is 0 Å². The van der Waals surface area contributed by atoms with Crippen LogP contribution in [0.4, 0.5) is 11.4 Å². The van der Waals surface area contributed by atoms with Gasteiger partial charge in [0.15, 0.2) is 23.0 Å². The van der Waals surface area contributed by atoms with Gasteiger partial charge in [-0.2, -0.15) is 10.2 Å². The zero-order valence-corrected chi connectivity index (χ0v) is 20.4. The molecule has 0 aromatic heterocycles. The highest BCUT2D eigenvalue weighted by Gasteiger charge is 2.25. The lowest BCUT2D eigenvalue weighted by atomic mass is 10.2. The molecule has 0 aliphatic carbocycles. The van der Waals surface area contributed by atoms with Crippen molar-refractivity contribution >= 4 is 46.3 Å². The monoisotopic (exact) mass is 497 g/mol. The lowest BCUT2D eigenvalue weighted by Gasteiger charge is -2.14. The summed E-state index contributed by atoms with van der Waals surface area (Å²) >= 11 is 12.5. The molecule has 2 rings (SSSR count). The number of Topliss-reactive ketones (excluding diaryl/α,β-unsaturated/α-hetero) is 1. The number of azo groups is 1. The number of nitrogens with one attached hydrogen (secondary N) is 1. The maximum Gasteiger partial charge on any atom is 0.258 e. The first-order valence-corrected chi connectivity index (χ1v) is 10.7. The van der Waals surface area contributed by atoms with E-state index in [1.54, 1.807) is 19.1 Å². The minimum Gasteiger partial charge on any atom is -0.494 e. The fourth-order valence-electron chi connectivity index (χ4n) is 2.76. The second-order valence-electron chi connectivity index (χ2n) is 6.52. The molecule has 2 aromatic carbocycles. The van der Waals surface area contributed by atoms with Crippen molar-refractivity contribution in [1.82, 2.24) is 0 Å². The Kier molecular flexibility index (Phi) is 9.74. The molecule has 0 radical (unpaired) electrons. The molecule has 0 saturated heterocycles. The zero-order chi connectivity index (χ0) is 24.5. The van der Waals surface area contributed by atoms with Crippen molar-refractivity contribution in [2.45, 2.75) is 26.8 Å². The van der Waals surface area contributed by atoms with Gasteiger partial charge in [-0.25, -0.2) is 0 Å². The lowest BCUT2D eigenvalue weighted by molar-refractivity contribution is -0.126. The van der Waals surface area contributed by atoms with Gasteiger partial charge in [0.25, 0.3) is 5.91 Å². The van der Waals surface area contributed by atoms with Crippen LogP contribution in [0.1, 0.15) is 20.8 Å². The quantitative estimate of drug-likeness (QED) is 0.324. The largest absolute Gasteiger partial charge is 0.494 e. The number of methoxy groups -OCH3 is 2. The second-order valence-corrected chi connectivity index (χ2v) is 7.34. The van der Waals surface area contributed by atoms with E-state index in [0.29, 0.717) is 30.5 Å². The van der Waals surface area contributed by atoms with Crippen molar-refractivity contribution in [3.8, 4) is 23.0 Å². The molecule has 1 unspecified atom stereocenters. The first-order chi connectivity index (χ1) is 15.7. The Balaban J connectivity index is 2.37. The van der Waals surface area contributed by atoms with Crippen LogP contribution < -0.4 is 24.3 Å². The van der Waals surface area contributed by atoms with E-state index >= 15 is 0 Å². The third-order valence-electron chi connectivity index (χ3n) is 4.24. The van der Waals surface area contributed by atoms with E-state index in [0.717, 1.165) is 0 Å². The summed E-state index contributed by atoms with van der Waals surface area (Å²) in [4.78, 5) is 25.0. The number of hydrogen-bond donors (Lipinski definition) is 1. The third-order valence-corrected chi connectivity index (χ3v) is 4.84. The fraction of sp³-hybridized carbons (Fsp3) is 0.364. The van der Waals surface area contributed by atoms with E-state index in [1.807, 2.05) is 6.92 Å². The Morgan fingerprint density at radius 2 is 1.61 bits per heavy atom. The van der Waals surface area contributed by atoms with Gasteiger partial charge in [0.1, 0.15) is 11.4 Å². The highest BCUT2D eigenvalue weighted by atomic mass is 35.5. The lowest BCUT2D eigenvalue weighted by Crippen LogP contribution is -2.32. The van der Waals surface area contributed by atoms with Gasteiger partial charge < -0.3 is 24.3 Å². The van der Waals surface area contributed by atoms with Crippen molar-refractivity contribution < 1.29 is 28.5 Å². The molecule has 0 bridgehead atoms. The van der Waals surface area contributed by atoms with E-state index in [2.05, 4.69) is 15.5 Å². The van der Waals surface area contributed by atoms with Gasteiger partial charge in [-0.1, -0.05) is 23.2 Å².